The predicted octanol–water partition coefficient (Wildman–Crippen LogP) is -0.224. The first-order valence-electron chi connectivity index (χ1n) is 4.17. The maximum absolute atomic E-state index is 11.7. The first-order valence-corrected chi connectivity index (χ1v) is 4.17. The molecule has 0 aromatic carbocycles. The van der Waals surface area contributed by atoms with Gasteiger partial charge in [0.1, 0.15) is 12.6 Å². The second-order valence-corrected chi connectivity index (χ2v) is 2.93. The molecule has 0 fully saturated rings. The summed E-state index contributed by atoms with van der Waals surface area (Å²) in [5.74, 6) is -3.16. The standard InChI is InChI=1S/C7H9F3N2O5/c8-7(9,10)2-11-6(17)12-3(5(15)16)1-4(13)14/h3H,1-2H2,(H,13,14)(H,15,16)(H2,11,12,17)/t3-/m0/s1. The zero-order valence-electron chi connectivity index (χ0n) is 8.24. The molecule has 0 spiro atoms. The van der Waals surface area contributed by atoms with E-state index >= 15 is 0 Å². The first-order chi connectivity index (χ1) is 7.61. The lowest BCUT2D eigenvalue weighted by atomic mass is 10.2. The lowest BCUT2D eigenvalue weighted by Crippen LogP contribution is -2.48. The van der Waals surface area contributed by atoms with Crippen LogP contribution in [0.5, 0.6) is 0 Å². The smallest absolute Gasteiger partial charge is 0.405 e. The van der Waals surface area contributed by atoms with E-state index in [1.165, 1.54) is 5.32 Å². The summed E-state index contributed by atoms with van der Waals surface area (Å²) in [4.78, 5) is 31.4. The van der Waals surface area contributed by atoms with E-state index in [2.05, 4.69) is 0 Å². The largest absolute Gasteiger partial charge is 0.481 e. The molecule has 17 heavy (non-hydrogen) atoms. The van der Waals surface area contributed by atoms with Gasteiger partial charge in [-0.15, -0.1) is 0 Å². The number of alkyl halides is 3. The first kappa shape index (κ1) is 15.0. The zero-order chi connectivity index (χ0) is 13.6. The van der Waals surface area contributed by atoms with Gasteiger partial charge in [0.05, 0.1) is 6.42 Å². The van der Waals surface area contributed by atoms with Gasteiger partial charge < -0.3 is 20.8 Å². The molecule has 0 bridgehead atoms. The third kappa shape index (κ3) is 7.88. The molecule has 0 aliphatic rings. The van der Waals surface area contributed by atoms with Crippen LogP contribution < -0.4 is 10.6 Å². The van der Waals surface area contributed by atoms with Crippen LogP contribution in [-0.4, -0.2) is 46.9 Å². The number of aliphatic carboxylic acids is 2. The quantitative estimate of drug-likeness (QED) is 0.544. The van der Waals surface area contributed by atoms with Crippen molar-refractivity contribution in [2.45, 2.75) is 18.6 Å². The Labute approximate surface area is 92.6 Å². The highest BCUT2D eigenvalue weighted by Gasteiger charge is 2.29. The highest BCUT2D eigenvalue weighted by Crippen LogP contribution is 2.11. The monoisotopic (exact) mass is 258 g/mol. The van der Waals surface area contributed by atoms with Gasteiger partial charge in [0, 0.05) is 0 Å². The number of carboxylic acid groups (broad SMARTS) is 2. The van der Waals surface area contributed by atoms with E-state index in [0.29, 0.717) is 0 Å². The van der Waals surface area contributed by atoms with Gasteiger partial charge >= 0.3 is 24.1 Å². The fourth-order valence-corrected chi connectivity index (χ4v) is 0.764. The minimum Gasteiger partial charge on any atom is -0.481 e. The number of hydrogen-bond acceptors (Lipinski definition) is 3. The molecule has 0 aliphatic carbocycles. The van der Waals surface area contributed by atoms with Crippen LogP contribution in [0.4, 0.5) is 18.0 Å². The Morgan fingerprint density at radius 2 is 1.71 bits per heavy atom. The Balaban J connectivity index is 4.22. The zero-order valence-corrected chi connectivity index (χ0v) is 8.24. The summed E-state index contributed by atoms with van der Waals surface area (Å²) in [5, 5.41) is 19.7. The molecule has 2 amide bonds. The average Bonchev–Trinajstić information content (AvgIpc) is 2.11. The van der Waals surface area contributed by atoms with Crippen molar-refractivity contribution >= 4 is 18.0 Å². The second-order valence-electron chi connectivity index (χ2n) is 2.93. The fraction of sp³-hybridized carbons (Fsp3) is 0.571. The van der Waals surface area contributed by atoms with Gasteiger partial charge in [0.2, 0.25) is 0 Å². The molecule has 1 atom stereocenters. The number of hydrogen-bond donors (Lipinski definition) is 4. The highest BCUT2D eigenvalue weighted by atomic mass is 19.4. The van der Waals surface area contributed by atoms with Gasteiger partial charge in [-0.1, -0.05) is 0 Å². The van der Waals surface area contributed by atoms with E-state index in [0.717, 1.165) is 0 Å². The van der Waals surface area contributed by atoms with Crippen LogP contribution in [-0.2, 0) is 9.59 Å². The van der Waals surface area contributed by atoms with Crippen molar-refractivity contribution in [1.29, 1.82) is 0 Å². The fourth-order valence-electron chi connectivity index (χ4n) is 0.764. The SMILES string of the molecule is O=C(O)C[C@H](NC(=O)NCC(F)(F)F)C(=O)O. The van der Waals surface area contributed by atoms with Gasteiger partial charge in [-0.3, -0.25) is 4.79 Å². The third-order valence-electron chi connectivity index (χ3n) is 1.43. The van der Waals surface area contributed by atoms with Crippen molar-refractivity contribution in [3.8, 4) is 0 Å². The molecule has 0 radical (unpaired) electrons. The minimum atomic E-state index is -4.64. The Morgan fingerprint density at radius 1 is 1.18 bits per heavy atom. The summed E-state index contributed by atoms with van der Waals surface area (Å²) in [6.45, 7) is -1.64. The van der Waals surface area contributed by atoms with Crippen LogP contribution in [0.3, 0.4) is 0 Å². The lowest BCUT2D eigenvalue weighted by Gasteiger charge is -2.14. The van der Waals surface area contributed by atoms with Crippen molar-refractivity contribution in [1.82, 2.24) is 10.6 Å². The van der Waals surface area contributed by atoms with E-state index < -0.39 is 43.2 Å². The average molecular weight is 258 g/mol. The molecule has 4 N–H and O–H groups in total. The van der Waals surface area contributed by atoms with E-state index in [-0.39, 0.29) is 0 Å². The highest BCUT2D eigenvalue weighted by molar-refractivity contribution is 5.86. The molecule has 0 saturated carbocycles. The van der Waals surface area contributed by atoms with Gasteiger partial charge in [-0.05, 0) is 0 Å². The molecule has 10 heteroatoms. The van der Waals surface area contributed by atoms with Crippen LogP contribution >= 0.6 is 0 Å². The van der Waals surface area contributed by atoms with Crippen molar-refractivity contribution < 1.29 is 37.8 Å². The Bertz CT molecular complexity index is 317. The van der Waals surface area contributed by atoms with Gasteiger partial charge in [-0.25, -0.2) is 9.59 Å². The van der Waals surface area contributed by atoms with Crippen LogP contribution in [0.25, 0.3) is 0 Å². The van der Waals surface area contributed by atoms with E-state index in [1.807, 2.05) is 0 Å². The number of amides is 2. The molecule has 0 aliphatic heterocycles. The van der Waals surface area contributed by atoms with Crippen LogP contribution in [0, 0.1) is 0 Å². The summed E-state index contributed by atoms with van der Waals surface area (Å²) in [7, 11) is 0. The molecule has 0 saturated heterocycles. The molecule has 0 aromatic rings. The molecule has 7 nitrogen and oxygen atoms in total. The predicted molar refractivity (Wildman–Crippen MR) is 46.3 cm³/mol. The molecule has 0 rings (SSSR count). The maximum Gasteiger partial charge on any atom is 0.405 e. The van der Waals surface area contributed by atoms with Crippen LogP contribution in [0.1, 0.15) is 6.42 Å². The number of carbonyl (C=O) groups excluding carboxylic acids is 1. The number of rotatable bonds is 5. The van der Waals surface area contributed by atoms with Gasteiger partial charge in [0.25, 0.3) is 0 Å². The van der Waals surface area contributed by atoms with Gasteiger partial charge in [0.15, 0.2) is 0 Å². The number of halogens is 3. The lowest BCUT2D eigenvalue weighted by molar-refractivity contribution is -0.145. The van der Waals surface area contributed by atoms with Crippen molar-refractivity contribution in [2.75, 3.05) is 6.54 Å². The van der Waals surface area contributed by atoms with E-state index in [1.54, 1.807) is 5.32 Å². The summed E-state index contributed by atoms with van der Waals surface area (Å²) in [6.07, 6.45) is -5.57. The molecule has 0 heterocycles. The topological polar surface area (TPSA) is 116 Å². The third-order valence-corrected chi connectivity index (χ3v) is 1.43. The van der Waals surface area contributed by atoms with Crippen LogP contribution in [0.15, 0.2) is 0 Å². The maximum atomic E-state index is 11.7. The van der Waals surface area contributed by atoms with Crippen LogP contribution in [0.2, 0.25) is 0 Å². The second kappa shape index (κ2) is 5.92. The number of urea groups is 1. The minimum absolute atomic E-state index is 0.936. The van der Waals surface area contributed by atoms with Crippen molar-refractivity contribution in [3.63, 3.8) is 0 Å². The Morgan fingerprint density at radius 3 is 2.06 bits per heavy atom. The number of carboxylic acids is 2. The summed E-state index contributed by atoms with van der Waals surface area (Å²) in [5.41, 5.74) is 0. The Kier molecular flexibility index (Phi) is 5.22. The summed E-state index contributed by atoms with van der Waals surface area (Å²) in [6, 6.07) is -3.20. The molecule has 98 valence electrons. The van der Waals surface area contributed by atoms with Gasteiger partial charge in [-0.2, -0.15) is 13.2 Å². The summed E-state index contributed by atoms with van der Waals surface area (Å²) >= 11 is 0. The van der Waals surface area contributed by atoms with E-state index in [9.17, 15) is 27.6 Å². The number of carbonyl (C=O) groups is 3. The van der Waals surface area contributed by atoms with Crippen molar-refractivity contribution in [3.05, 3.63) is 0 Å². The number of nitrogens with one attached hydrogen (secondary N) is 2. The molecule has 0 aromatic heterocycles. The van der Waals surface area contributed by atoms with Crippen molar-refractivity contribution in [2.24, 2.45) is 0 Å². The molecular weight excluding hydrogens is 249 g/mol. The Hall–Kier alpha value is -2.00. The molecular formula is C7H9F3N2O5. The summed E-state index contributed by atoms with van der Waals surface area (Å²) < 4.78 is 35.0. The van der Waals surface area contributed by atoms with E-state index in [4.69, 9.17) is 10.2 Å². The normalized spacial score (nSPS) is 12.6. The molecule has 0 unspecified atom stereocenters.